The fraction of sp³-hybridized carbons (Fsp3) is 0.700. The second kappa shape index (κ2) is 14.3. The van der Waals surface area contributed by atoms with Crippen molar-refractivity contribution in [3.8, 4) is 0 Å². The van der Waals surface area contributed by atoms with Gasteiger partial charge in [-0.1, -0.05) is 15.9 Å². The minimum absolute atomic E-state index is 0.133. The number of hydrogen-bond acceptors (Lipinski definition) is 15. The van der Waals surface area contributed by atoms with Crippen LogP contribution in [0.3, 0.4) is 0 Å². The minimum Gasteiger partial charge on any atom is -0.432 e. The van der Waals surface area contributed by atoms with Gasteiger partial charge in [-0.3, -0.25) is 9.09 Å². The van der Waals surface area contributed by atoms with E-state index in [0.29, 0.717) is 0 Å². The van der Waals surface area contributed by atoms with Gasteiger partial charge in [-0.2, -0.15) is 4.98 Å². The van der Waals surface area contributed by atoms with Gasteiger partial charge in [-0.15, -0.1) is 0 Å². The maximum absolute atomic E-state index is 13.9. The average Bonchev–Trinajstić information content (AvgIpc) is 3.15. The second-order valence-corrected chi connectivity index (χ2v) is 10.8. The Labute approximate surface area is 230 Å². The molecule has 3 N–H and O–H groups in total. The van der Waals surface area contributed by atoms with Gasteiger partial charge >= 0.3 is 25.8 Å². The van der Waals surface area contributed by atoms with E-state index in [-0.39, 0.29) is 11.8 Å². The molecule has 0 unspecified atom stereocenters. The number of phosphoric ester groups is 1. The third kappa shape index (κ3) is 9.66. The van der Waals surface area contributed by atoms with Crippen LogP contribution in [0.5, 0.6) is 0 Å². The van der Waals surface area contributed by atoms with Crippen molar-refractivity contribution in [2.75, 3.05) is 31.3 Å². The molecule has 0 spiro atoms. The van der Waals surface area contributed by atoms with Gasteiger partial charge in [0.1, 0.15) is 11.8 Å². The Balaban J connectivity index is 2.14. The molecule has 2 heterocycles. The summed E-state index contributed by atoms with van der Waals surface area (Å²) in [6.45, 7) is 3.65. The molecule has 222 valence electrons. The van der Waals surface area contributed by atoms with Gasteiger partial charge in [-0.25, -0.2) is 32.4 Å². The van der Waals surface area contributed by atoms with Gasteiger partial charge in [0.25, 0.3) is 0 Å². The average molecular weight is 650 g/mol. The second-order valence-electron chi connectivity index (χ2n) is 8.52. The van der Waals surface area contributed by atoms with Crippen LogP contribution in [0.1, 0.15) is 40.3 Å². The van der Waals surface area contributed by atoms with E-state index in [2.05, 4.69) is 30.4 Å². The molecule has 1 aliphatic rings. The lowest BCUT2D eigenvalue weighted by Gasteiger charge is -2.31. The molecule has 39 heavy (non-hydrogen) atoms. The summed E-state index contributed by atoms with van der Waals surface area (Å²) in [5.41, 5.74) is 2.69. The number of carbonyl (C=O) groups excluding carboxylic acids is 2. The van der Waals surface area contributed by atoms with Crippen LogP contribution in [0.25, 0.3) is 0 Å². The number of ether oxygens (including phenoxy) is 5. The molecule has 2 rings (SSSR count). The van der Waals surface area contributed by atoms with E-state index < -0.39 is 87.8 Å². The zero-order valence-corrected chi connectivity index (χ0v) is 23.9. The number of halogens is 2. The normalized spacial score (nSPS) is 21.3. The van der Waals surface area contributed by atoms with Gasteiger partial charge in [-0.05, 0) is 27.7 Å². The standard InChI is InChI=1S/C20H30BrFN3O13P/c1-11(2)36-18(28)31-9-34-39(30,35-10-32-19(29)37-12(3)4)33-8-20(7-21)14(26)5-15(38-20)25-6-13(22)16(23)24-17(25)27/h6,11-12,14-15,26H,5,7-10H2,1-4H3,(H2,23,24,27)/t14-,15+,20+/m0/s1. The number of phosphoric acid groups is 1. The van der Waals surface area contributed by atoms with E-state index in [0.717, 1.165) is 10.8 Å². The van der Waals surface area contributed by atoms with Crippen molar-refractivity contribution in [3.63, 3.8) is 0 Å². The molecule has 0 aliphatic carbocycles. The van der Waals surface area contributed by atoms with E-state index >= 15 is 0 Å². The van der Waals surface area contributed by atoms with Crippen LogP contribution in [-0.2, 0) is 41.8 Å². The van der Waals surface area contributed by atoms with Crippen LogP contribution in [-0.4, -0.2) is 76.4 Å². The number of alkyl halides is 1. The topological polar surface area (TPSA) is 206 Å². The molecule has 16 nitrogen and oxygen atoms in total. The number of aromatic nitrogens is 2. The molecule has 1 aromatic heterocycles. The number of rotatable bonds is 13. The molecule has 1 aliphatic heterocycles. The van der Waals surface area contributed by atoms with E-state index in [4.69, 9.17) is 33.5 Å². The largest absolute Gasteiger partial charge is 0.510 e. The first kappa shape index (κ1) is 32.9. The SMILES string of the molecule is CC(C)OC(=O)OCOP(=O)(OCOC(=O)OC(C)C)OC[C@@]1(CBr)O[C@@H](n2cc(F)c(N)nc2=O)C[C@@H]1O. The Hall–Kier alpha value is -2.34. The highest BCUT2D eigenvalue weighted by Crippen LogP contribution is 2.51. The fourth-order valence-electron chi connectivity index (χ4n) is 2.96. The number of aliphatic hydroxyl groups excluding tert-OH is 1. The summed E-state index contributed by atoms with van der Waals surface area (Å²) in [4.78, 5) is 38.7. The van der Waals surface area contributed by atoms with Crippen molar-refractivity contribution in [1.29, 1.82) is 0 Å². The number of nitrogen functional groups attached to an aromatic ring is 1. The zero-order chi connectivity index (χ0) is 29.4. The lowest BCUT2D eigenvalue weighted by Crippen LogP contribution is -2.45. The summed E-state index contributed by atoms with van der Waals surface area (Å²) < 4.78 is 67.8. The predicted molar refractivity (Wildman–Crippen MR) is 131 cm³/mol. The molecular weight excluding hydrogens is 620 g/mol. The molecule has 0 bridgehead atoms. The molecule has 1 fully saturated rings. The van der Waals surface area contributed by atoms with Gasteiger partial charge in [0, 0.05) is 11.8 Å². The number of carbonyl (C=O) groups is 2. The number of nitrogens with zero attached hydrogens (tertiary/aromatic N) is 2. The van der Waals surface area contributed by atoms with Gasteiger partial charge < -0.3 is 34.5 Å². The highest BCUT2D eigenvalue weighted by atomic mass is 79.9. The Kier molecular flexibility index (Phi) is 12.1. The minimum atomic E-state index is -4.69. The highest BCUT2D eigenvalue weighted by Gasteiger charge is 2.50. The first-order valence-corrected chi connectivity index (χ1v) is 13.9. The van der Waals surface area contributed by atoms with E-state index in [9.17, 15) is 28.4 Å². The molecule has 19 heteroatoms. The molecule has 1 aromatic rings. The van der Waals surface area contributed by atoms with Crippen LogP contribution < -0.4 is 11.4 Å². The Morgan fingerprint density at radius 1 is 1.21 bits per heavy atom. The van der Waals surface area contributed by atoms with Crippen molar-refractivity contribution in [2.24, 2.45) is 0 Å². The van der Waals surface area contributed by atoms with Crippen LogP contribution in [0.4, 0.5) is 19.8 Å². The smallest absolute Gasteiger partial charge is 0.432 e. The molecule has 0 saturated carbocycles. The van der Waals surface area contributed by atoms with Crippen LogP contribution in [0.2, 0.25) is 0 Å². The van der Waals surface area contributed by atoms with Gasteiger partial charge in [0.2, 0.25) is 13.6 Å². The Morgan fingerprint density at radius 3 is 2.23 bits per heavy atom. The van der Waals surface area contributed by atoms with Crippen molar-refractivity contribution in [1.82, 2.24) is 9.55 Å². The highest BCUT2D eigenvalue weighted by molar-refractivity contribution is 9.09. The molecule has 0 radical (unpaired) electrons. The van der Waals surface area contributed by atoms with Gasteiger partial charge in [0.15, 0.2) is 11.6 Å². The fourth-order valence-corrected chi connectivity index (χ4v) is 4.59. The summed E-state index contributed by atoms with van der Waals surface area (Å²) in [7, 11) is -4.69. The third-order valence-electron chi connectivity index (χ3n) is 4.78. The number of nitrogens with two attached hydrogens (primary N) is 1. The van der Waals surface area contributed by atoms with Crippen molar-refractivity contribution >= 4 is 41.9 Å². The van der Waals surface area contributed by atoms with Crippen LogP contribution in [0.15, 0.2) is 11.0 Å². The summed E-state index contributed by atoms with van der Waals surface area (Å²) in [6.07, 6.45) is -5.32. The van der Waals surface area contributed by atoms with E-state index in [1.807, 2.05) is 0 Å². The quantitative estimate of drug-likeness (QED) is 0.136. The summed E-state index contributed by atoms with van der Waals surface area (Å²) in [5.74, 6) is -1.60. The molecule has 1 saturated heterocycles. The number of anilines is 1. The van der Waals surface area contributed by atoms with Crippen molar-refractivity contribution in [2.45, 2.75) is 64.3 Å². The molecule has 0 amide bonds. The maximum atomic E-state index is 13.9. The third-order valence-corrected chi connectivity index (χ3v) is 7.02. The lowest BCUT2D eigenvalue weighted by molar-refractivity contribution is -0.117. The molecule has 0 aromatic carbocycles. The van der Waals surface area contributed by atoms with Gasteiger partial charge in [0.05, 0.1) is 31.1 Å². The Bertz CT molecular complexity index is 1080. The zero-order valence-electron chi connectivity index (χ0n) is 21.4. The molecule has 3 atom stereocenters. The monoisotopic (exact) mass is 649 g/mol. The number of hydrogen-bond donors (Lipinski definition) is 2. The lowest BCUT2D eigenvalue weighted by atomic mass is 10.0. The first-order valence-electron chi connectivity index (χ1n) is 11.4. The summed E-state index contributed by atoms with van der Waals surface area (Å²) in [6, 6.07) is 0. The van der Waals surface area contributed by atoms with Crippen LogP contribution >= 0.6 is 23.8 Å². The first-order chi connectivity index (χ1) is 18.2. The Morgan fingerprint density at radius 2 is 1.74 bits per heavy atom. The molecular formula is C20H30BrFN3O13P. The van der Waals surface area contributed by atoms with E-state index in [1.165, 1.54) is 0 Å². The number of aliphatic hydroxyl groups is 1. The summed E-state index contributed by atoms with van der Waals surface area (Å²) in [5, 5.41) is 10.6. The van der Waals surface area contributed by atoms with Crippen molar-refractivity contribution in [3.05, 3.63) is 22.5 Å². The van der Waals surface area contributed by atoms with Crippen molar-refractivity contribution < 1.29 is 60.9 Å². The summed E-state index contributed by atoms with van der Waals surface area (Å²) >= 11 is 3.17. The van der Waals surface area contributed by atoms with E-state index in [1.54, 1.807) is 27.7 Å². The van der Waals surface area contributed by atoms with Crippen LogP contribution in [0, 0.1) is 5.82 Å². The predicted octanol–water partition coefficient (Wildman–Crippen LogP) is 2.57. The maximum Gasteiger partial charge on any atom is 0.510 e.